The Morgan fingerprint density at radius 3 is 2.40 bits per heavy atom. The van der Waals surface area contributed by atoms with Crippen LogP contribution in [0, 0.1) is 0 Å². The number of benzene rings is 2. The summed E-state index contributed by atoms with van der Waals surface area (Å²) in [6, 6.07) is 11.1. The summed E-state index contributed by atoms with van der Waals surface area (Å²) in [4.78, 5) is 13.8. The molecule has 2 atom stereocenters. The van der Waals surface area contributed by atoms with Crippen LogP contribution in [0.25, 0.3) is 16.9 Å². The first-order valence-corrected chi connectivity index (χ1v) is 12.9. The van der Waals surface area contributed by atoms with E-state index in [0.717, 1.165) is 30.5 Å². The highest BCUT2D eigenvalue weighted by molar-refractivity contribution is 6.35. The van der Waals surface area contributed by atoms with E-state index in [1.807, 2.05) is 24.9 Å². The first-order chi connectivity index (χ1) is 16.6. The number of carbonyl (C=O) groups is 1. The van der Waals surface area contributed by atoms with Crippen LogP contribution in [0.3, 0.4) is 0 Å². The smallest absolute Gasteiger partial charge is 0.286 e. The van der Waals surface area contributed by atoms with Crippen LogP contribution >= 0.6 is 34.8 Å². The van der Waals surface area contributed by atoms with Crippen LogP contribution in [-0.2, 0) is 5.60 Å². The minimum atomic E-state index is -0.851. The number of halogens is 3. The van der Waals surface area contributed by atoms with Crippen LogP contribution in [-0.4, -0.2) is 32.8 Å². The highest BCUT2D eigenvalue weighted by Gasteiger charge is 2.42. The minimum Gasteiger partial charge on any atom is -0.482 e. The zero-order chi connectivity index (χ0) is 25.1. The molecule has 0 aliphatic carbocycles. The van der Waals surface area contributed by atoms with Crippen molar-refractivity contribution in [3.05, 3.63) is 62.7 Å². The topological polar surface area (TPSA) is 59.4 Å². The molecule has 1 aromatic heterocycles. The Labute approximate surface area is 220 Å². The predicted molar refractivity (Wildman–Crippen MR) is 140 cm³/mol. The second-order valence-corrected chi connectivity index (χ2v) is 11.1. The van der Waals surface area contributed by atoms with Gasteiger partial charge in [-0.25, -0.2) is 9.69 Å². The normalized spacial score (nSPS) is 21.1. The third-order valence-corrected chi connectivity index (χ3v) is 7.60. The SMILES string of the molecule is CC1CCCC(C)N1NC(=O)c1nn(-c2ccc(Cl)cc2Cl)c2c1C(C)(C)Oc1cc(Cl)ccc1-2. The van der Waals surface area contributed by atoms with Crippen LogP contribution in [0.2, 0.25) is 15.1 Å². The Morgan fingerprint density at radius 2 is 1.71 bits per heavy atom. The first kappa shape index (κ1) is 24.4. The van der Waals surface area contributed by atoms with Gasteiger partial charge in [-0.2, -0.15) is 5.10 Å². The lowest BCUT2D eigenvalue weighted by atomic mass is 9.88. The van der Waals surface area contributed by atoms with Gasteiger partial charge in [0.15, 0.2) is 5.69 Å². The number of ether oxygens (including phenoxy) is 1. The van der Waals surface area contributed by atoms with Gasteiger partial charge in [-0.15, -0.1) is 0 Å². The summed E-state index contributed by atoms with van der Waals surface area (Å²) in [6.45, 7) is 8.11. The van der Waals surface area contributed by atoms with Crippen molar-refractivity contribution in [2.45, 2.75) is 64.6 Å². The third kappa shape index (κ3) is 4.31. The second-order valence-electron chi connectivity index (χ2n) is 9.81. The van der Waals surface area contributed by atoms with Crippen molar-refractivity contribution in [1.29, 1.82) is 0 Å². The lowest BCUT2D eigenvalue weighted by Gasteiger charge is -2.39. The van der Waals surface area contributed by atoms with E-state index in [1.165, 1.54) is 0 Å². The van der Waals surface area contributed by atoms with Crippen molar-refractivity contribution in [2.24, 2.45) is 0 Å². The number of nitrogens with one attached hydrogen (secondary N) is 1. The molecule has 9 heteroatoms. The molecule has 2 unspecified atom stereocenters. The number of fused-ring (bicyclic) bond motifs is 3. The molecule has 0 spiro atoms. The Balaban J connectivity index is 1.71. The van der Waals surface area contributed by atoms with E-state index in [4.69, 9.17) is 44.6 Å². The molecule has 6 nitrogen and oxygen atoms in total. The highest BCUT2D eigenvalue weighted by atomic mass is 35.5. The molecular weight excluding hydrogens is 507 g/mol. The van der Waals surface area contributed by atoms with Gasteiger partial charge in [0.05, 0.1) is 22.0 Å². The summed E-state index contributed by atoms with van der Waals surface area (Å²) in [7, 11) is 0. The number of carbonyl (C=O) groups excluding carboxylic acids is 1. The Morgan fingerprint density at radius 1 is 1.06 bits per heavy atom. The molecule has 1 saturated heterocycles. The number of hydrazine groups is 1. The molecule has 35 heavy (non-hydrogen) atoms. The van der Waals surface area contributed by atoms with Crippen LogP contribution in [0.1, 0.15) is 63.0 Å². The summed E-state index contributed by atoms with van der Waals surface area (Å²) >= 11 is 19.1. The molecule has 3 heterocycles. The number of aromatic nitrogens is 2. The van der Waals surface area contributed by atoms with Gasteiger partial charge in [-0.3, -0.25) is 10.2 Å². The summed E-state index contributed by atoms with van der Waals surface area (Å²) in [5, 5.41) is 8.36. The van der Waals surface area contributed by atoms with Crippen molar-refractivity contribution < 1.29 is 9.53 Å². The average molecular weight is 534 g/mol. The van der Waals surface area contributed by atoms with E-state index in [2.05, 4.69) is 19.3 Å². The van der Waals surface area contributed by atoms with Gasteiger partial charge in [0.2, 0.25) is 0 Å². The first-order valence-electron chi connectivity index (χ1n) is 11.7. The van der Waals surface area contributed by atoms with Crippen LogP contribution < -0.4 is 10.2 Å². The van der Waals surface area contributed by atoms with Gasteiger partial charge >= 0.3 is 0 Å². The summed E-state index contributed by atoms with van der Waals surface area (Å²) < 4.78 is 8.07. The lowest BCUT2D eigenvalue weighted by molar-refractivity contribution is 0.0358. The molecular formula is C26H27Cl3N4O2. The lowest BCUT2D eigenvalue weighted by Crippen LogP contribution is -2.54. The zero-order valence-corrected chi connectivity index (χ0v) is 22.3. The van der Waals surface area contributed by atoms with Crippen molar-refractivity contribution in [1.82, 2.24) is 20.2 Å². The largest absolute Gasteiger partial charge is 0.482 e. The molecule has 2 aromatic carbocycles. The number of piperidine rings is 1. The van der Waals surface area contributed by atoms with Crippen molar-refractivity contribution in [3.8, 4) is 22.7 Å². The Hall–Kier alpha value is -2.25. The van der Waals surface area contributed by atoms with E-state index in [0.29, 0.717) is 37.8 Å². The van der Waals surface area contributed by atoms with E-state index in [-0.39, 0.29) is 18.0 Å². The quantitative estimate of drug-likeness (QED) is 0.392. The summed E-state index contributed by atoms with van der Waals surface area (Å²) in [6.07, 6.45) is 3.20. The fourth-order valence-corrected chi connectivity index (χ4v) is 5.79. The molecule has 0 saturated carbocycles. The van der Waals surface area contributed by atoms with Crippen molar-refractivity contribution in [2.75, 3.05) is 0 Å². The van der Waals surface area contributed by atoms with Crippen molar-refractivity contribution in [3.63, 3.8) is 0 Å². The number of amides is 1. The van der Waals surface area contributed by atoms with Gasteiger partial charge in [-0.05, 0) is 76.9 Å². The molecule has 2 aliphatic heterocycles. The average Bonchev–Trinajstić information content (AvgIpc) is 3.18. The molecule has 3 aromatic rings. The summed E-state index contributed by atoms with van der Waals surface area (Å²) in [5.74, 6) is 0.339. The Kier molecular flexibility index (Phi) is 6.29. The third-order valence-electron chi connectivity index (χ3n) is 6.83. The highest BCUT2D eigenvalue weighted by Crippen LogP contribution is 2.48. The van der Waals surface area contributed by atoms with E-state index >= 15 is 0 Å². The fraction of sp³-hybridized carbons (Fsp3) is 0.385. The molecule has 1 fully saturated rings. The van der Waals surface area contributed by atoms with Crippen molar-refractivity contribution >= 4 is 40.7 Å². The number of rotatable bonds is 3. The maximum atomic E-state index is 13.8. The Bertz CT molecular complexity index is 1310. The molecule has 1 amide bonds. The fourth-order valence-electron chi connectivity index (χ4n) is 5.14. The van der Waals surface area contributed by atoms with Gasteiger partial charge in [-0.1, -0.05) is 41.2 Å². The molecule has 184 valence electrons. The van der Waals surface area contributed by atoms with Gasteiger partial charge < -0.3 is 4.74 Å². The number of hydrogen-bond acceptors (Lipinski definition) is 4. The number of hydrogen-bond donors (Lipinski definition) is 1. The van der Waals surface area contributed by atoms with E-state index in [9.17, 15) is 4.79 Å². The van der Waals surface area contributed by atoms with Gasteiger partial charge in [0.1, 0.15) is 11.4 Å². The van der Waals surface area contributed by atoms with E-state index < -0.39 is 5.60 Å². The summed E-state index contributed by atoms with van der Waals surface area (Å²) in [5.41, 5.74) is 5.39. The molecule has 0 radical (unpaired) electrons. The monoisotopic (exact) mass is 532 g/mol. The van der Waals surface area contributed by atoms with E-state index in [1.54, 1.807) is 35.0 Å². The zero-order valence-electron chi connectivity index (χ0n) is 20.0. The predicted octanol–water partition coefficient (Wildman–Crippen LogP) is 7.03. The molecule has 0 bridgehead atoms. The molecule has 1 N–H and O–H groups in total. The molecule has 2 aliphatic rings. The second kappa shape index (κ2) is 9.00. The minimum absolute atomic E-state index is 0.235. The number of nitrogens with zero attached hydrogens (tertiary/aromatic N) is 3. The standard InChI is InChI=1S/C26H27Cl3N4O2/c1-14-6-5-7-15(2)32(14)31-25(34)23-22-24(33(30-23)20-11-9-16(27)12-19(20)29)18-10-8-17(28)13-21(18)35-26(22,3)4/h8-15H,5-7H2,1-4H3,(H,31,34). The van der Waals surface area contributed by atoms with Gasteiger partial charge in [0.25, 0.3) is 5.91 Å². The van der Waals surface area contributed by atoms with Crippen LogP contribution in [0.5, 0.6) is 5.75 Å². The maximum Gasteiger partial charge on any atom is 0.286 e. The van der Waals surface area contributed by atoms with Gasteiger partial charge in [0, 0.05) is 27.7 Å². The van der Waals surface area contributed by atoms with Crippen LogP contribution in [0.4, 0.5) is 0 Å². The van der Waals surface area contributed by atoms with Crippen LogP contribution in [0.15, 0.2) is 36.4 Å². The molecule has 5 rings (SSSR count). The maximum absolute atomic E-state index is 13.8.